The Kier molecular flexibility index (Phi) is 3.57. The van der Waals surface area contributed by atoms with E-state index in [4.69, 9.17) is 5.11 Å². The number of halogens is 3. The molecule has 2 unspecified atom stereocenters. The maximum Gasteiger partial charge on any atom is 0.403 e. The van der Waals surface area contributed by atoms with Crippen LogP contribution in [0.3, 0.4) is 0 Å². The third-order valence-corrected chi connectivity index (χ3v) is 3.45. The van der Waals surface area contributed by atoms with E-state index < -0.39 is 24.6 Å². The van der Waals surface area contributed by atoms with Crippen molar-refractivity contribution in [1.29, 1.82) is 0 Å². The smallest absolute Gasteiger partial charge is 0.403 e. The number of urea groups is 1. The first-order chi connectivity index (χ1) is 8.79. The van der Waals surface area contributed by atoms with Crippen LogP contribution < -0.4 is 5.32 Å². The van der Waals surface area contributed by atoms with Gasteiger partial charge in [0.05, 0.1) is 6.04 Å². The minimum atomic E-state index is -4.76. The Morgan fingerprint density at radius 1 is 1.47 bits per heavy atom. The standard InChI is InChI=1S/C10H14F3N3O3/c11-10(12,13)7(8(17)18)5-15-1-2-16-6(4-15)3-14-9(16)19/h6-7H,1-5H2,(H,14,19)(H,17,18). The molecule has 19 heavy (non-hydrogen) atoms. The molecule has 2 N–H and O–H groups in total. The zero-order chi connectivity index (χ0) is 14.2. The maximum atomic E-state index is 12.6. The molecule has 0 aromatic rings. The van der Waals surface area contributed by atoms with Crippen LogP contribution in [0.1, 0.15) is 0 Å². The van der Waals surface area contributed by atoms with Gasteiger partial charge in [0.2, 0.25) is 0 Å². The molecule has 9 heteroatoms. The summed E-state index contributed by atoms with van der Waals surface area (Å²) in [4.78, 5) is 25.0. The minimum Gasteiger partial charge on any atom is -0.481 e. The summed E-state index contributed by atoms with van der Waals surface area (Å²) in [6, 6.07) is -0.390. The van der Waals surface area contributed by atoms with Crippen molar-refractivity contribution in [2.24, 2.45) is 5.92 Å². The number of carbonyl (C=O) groups is 2. The largest absolute Gasteiger partial charge is 0.481 e. The average Bonchev–Trinajstić information content (AvgIpc) is 2.66. The van der Waals surface area contributed by atoms with Gasteiger partial charge in [-0.2, -0.15) is 13.2 Å². The second kappa shape index (κ2) is 4.87. The van der Waals surface area contributed by atoms with Crippen LogP contribution in [0, 0.1) is 5.92 Å². The molecular formula is C10H14F3N3O3. The highest BCUT2D eigenvalue weighted by atomic mass is 19.4. The Morgan fingerprint density at radius 2 is 2.16 bits per heavy atom. The molecule has 108 valence electrons. The van der Waals surface area contributed by atoms with E-state index >= 15 is 0 Å². The molecule has 0 saturated carbocycles. The molecule has 0 aromatic heterocycles. The summed E-state index contributed by atoms with van der Waals surface area (Å²) >= 11 is 0. The quantitative estimate of drug-likeness (QED) is 0.761. The number of carboxylic acid groups (broad SMARTS) is 1. The SMILES string of the molecule is O=C(O)C(CN1CCN2C(=O)NCC2C1)C(F)(F)F. The first-order valence-corrected chi connectivity index (χ1v) is 5.85. The highest BCUT2D eigenvalue weighted by molar-refractivity contribution is 5.77. The number of alkyl halides is 3. The lowest BCUT2D eigenvalue weighted by Crippen LogP contribution is -2.54. The highest BCUT2D eigenvalue weighted by Crippen LogP contribution is 2.28. The Labute approximate surface area is 107 Å². The van der Waals surface area contributed by atoms with Gasteiger partial charge in [-0.1, -0.05) is 0 Å². The number of carboxylic acids is 1. The van der Waals surface area contributed by atoms with Gasteiger partial charge in [0.15, 0.2) is 5.92 Å². The zero-order valence-corrected chi connectivity index (χ0v) is 9.98. The Morgan fingerprint density at radius 3 is 2.74 bits per heavy atom. The molecule has 6 nitrogen and oxygen atoms in total. The third-order valence-electron chi connectivity index (χ3n) is 3.45. The molecule has 2 aliphatic heterocycles. The van der Waals surface area contributed by atoms with Crippen LogP contribution in [0.25, 0.3) is 0 Å². The Balaban J connectivity index is 1.97. The molecule has 0 aliphatic carbocycles. The first kappa shape index (κ1) is 13.9. The van der Waals surface area contributed by atoms with Crippen LogP contribution in [-0.2, 0) is 4.79 Å². The second-order valence-electron chi connectivity index (χ2n) is 4.73. The average molecular weight is 281 g/mol. The molecular weight excluding hydrogens is 267 g/mol. The number of hydrogen-bond acceptors (Lipinski definition) is 3. The van der Waals surface area contributed by atoms with E-state index in [0.717, 1.165) is 0 Å². The van der Waals surface area contributed by atoms with Crippen molar-refractivity contribution in [3.8, 4) is 0 Å². The van der Waals surface area contributed by atoms with Crippen LogP contribution in [0.5, 0.6) is 0 Å². The molecule has 0 radical (unpaired) electrons. The van der Waals surface area contributed by atoms with Gasteiger partial charge in [-0.25, -0.2) is 4.79 Å². The molecule has 0 spiro atoms. The van der Waals surface area contributed by atoms with Gasteiger partial charge in [0.1, 0.15) is 0 Å². The molecule has 2 amide bonds. The van der Waals surface area contributed by atoms with Crippen molar-refractivity contribution in [3.63, 3.8) is 0 Å². The van der Waals surface area contributed by atoms with E-state index in [1.165, 1.54) is 4.90 Å². The van der Waals surface area contributed by atoms with E-state index in [1.807, 2.05) is 0 Å². The third kappa shape index (κ3) is 2.91. The van der Waals surface area contributed by atoms with Crippen molar-refractivity contribution < 1.29 is 27.9 Å². The van der Waals surface area contributed by atoms with Crippen LogP contribution in [0.2, 0.25) is 0 Å². The second-order valence-corrected chi connectivity index (χ2v) is 4.73. The number of nitrogens with one attached hydrogen (secondary N) is 1. The molecule has 2 rings (SSSR count). The molecule has 2 atom stereocenters. The lowest BCUT2D eigenvalue weighted by molar-refractivity contribution is -0.197. The minimum absolute atomic E-state index is 0.177. The van der Waals surface area contributed by atoms with Gasteiger partial charge in [0, 0.05) is 32.7 Å². The van der Waals surface area contributed by atoms with Gasteiger partial charge < -0.3 is 15.3 Å². The molecule has 2 aliphatic rings. The predicted octanol–water partition coefficient (Wildman–Crippen LogP) is -0.0411. The summed E-state index contributed by atoms with van der Waals surface area (Å²) in [5, 5.41) is 11.3. The van der Waals surface area contributed by atoms with Gasteiger partial charge in [-0.15, -0.1) is 0 Å². The highest BCUT2D eigenvalue weighted by Gasteiger charge is 2.47. The molecule has 2 heterocycles. The predicted molar refractivity (Wildman–Crippen MR) is 57.5 cm³/mol. The van der Waals surface area contributed by atoms with Crippen LogP contribution in [-0.4, -0.2) is 71.8 Å². The number of piperazine rings is 1. The zero-order valence-electron chi connectivity index (χ0n) is 9.98. The van der Waals surface area contributed by atoms with Crippen molar-refractivity contribution >= 4 is 12.0 Å². The summed E-state index contributed by atoms with van der Waals surface area (Å²) in [6.45, 7) is 0.652. The maximum absolute atomic E-state index is 12.6. The topological polar surface area (TPSA) is 72.9 Å². The summed E-state index contributed by atoms with van der Waals surface area (Å²) in [5.74, 6) is -4.25. The molecule has 0 bridgehead atoms. The fraction of sp³-hybridized carbons (Fsp3) is 0.800. The Bertz CT molecular complexity index is 388. The fourth-order valence-corrected chi connectivity index (χ4v) is 2.41. The number of carbonyl (C=O) groups excluding carboxylic acids is 1. The molecule has 2 fully saturated rings. The Hall–Kier alpha value is -1.51. The number of fused-ring (bicyclic) bond motifs is 1. The van der Waals surface area contributed by atoms with Crippen molar-refractivity contribution in [2.75, 3.05) is 32.7 Å². The van der Waals surface area contributed by atoms with E-state index in [9.17, 15) is 22.8 Å². The summed E-state index contributed by atoms with van der Waals surface area (Å²) in [5.41, 5.74) is 0. The van der Waals surface area contributed by atoms with Crippen molar-refractivity contribution in [3.05, 3.63) is 0 Å². The first-order valence-electron chi connectivity index (χ1n) is 5.85. The monoisotopic (exact) mass is 281 g/mol. The lowest BCUT2D eigenvalue weighted by Gasteiger charge is -2.37. The summed E-state index contributed by atoms with van der Waals surface area (Å²) in [7, 11) is 0. The van der Waals surface area contributed by atoms with Crippen LogP contribution in [0.15, 0.2) is 0 Å². The van der Waals surface area contributed by atoms with Crippen LogP contribution >= 0.6 is 0 Å². The van der Waals surface area contributed by atoms with Gasteiger partial charge in [-0.3, -0.25) is 9.69 Å². The number of aliphatic carboxylic acids is 1. The van der Waals surface area contributed by atoms with Gasteiger partial charge in [0.25, 0.3) is 0 Å². The number of amides is 2. The van der Waals surface area contributed by atoms with Gasteiger partial charge >= 0.3 is 18.2 Å². The number of nitrogens with zero attached hydrogens (tertiary/aromatic N) is 2. The summed E-state index contributed by atoms with van der Waals surface area (Å²) < 4.78 is 37.7. The molecule has 2 saturated heterocycles. The number of rotatable bonds is 3. The fourth-order valence-electron chi connectivity index (χ4n) is 2.41. The van der Waals surface area contributed by atoms with E-state index in [-0.39, 0.29) is 25.2 Å². The molecule has 0 aromatic carbocycles. The van der Waals surface area contributed by atoms with Crippen LogP contribution in [0.4, 0.5) is 18.0 Å². The van der Waals surface area contributed by atoms with E-state index in [0.29, 0.717) is 13.1 Å². The van der Waals surface area contributed by atoms with Crippen molar-refractivity contribution in [2.45, 2.75) is 12.2 Å². The van der Waals surface area contributed by atoms with Gasteiger partial charge in [-0.05, 0) is 0 Å². The normalized spacial score (nSPS) is 25.9. The lowest BCUT2D eigenvalue weighted by atomic mass is 10.1. The van der Waals surface area contributed by atoms with E-state index in [2.05, 4.69) is 5.32 Å². The summed E-state index contributed by atoms with van der Waals surface area (Å²) in [6.07, 6.45) is -4.76. The van der Waals surface area contributed by atoms with E-state index in [1.54, 1.807) is 4.90 Å². The van der Waals surface area contributed by atoms with Crippen molar-refractivity contribution in [1.82, 2.24) is 15.1 Å². The number of hydrogen-bond donors (Lipinski definition) is 2.